The second kappa shape index (κ2) is 8.72. The number of hydrogen-bond donors (Lipinski definition) is 2. The van der Waals surface area contributed by atoms with Crippen LogP contribution in [0.3, 0.4) is 0 Å². The van der Waals surface area contributed by atoms with Crippen LogP contribution in [0.5, 0.6) is 0 Å². The number of aliphatic hydroxyl groups excluding tert-OH is 1. The molecule has 5 heteroatoms. The quantitative estimate of drug-likeness (QED) is 0.650. The summed E-state index contributed by atoms with van der Waals surface area (Å²) in [6.45, 7) is 4.73. The van der Waals surface area contributed by atoms with E-state index in [0.29, 0.717) is 19.8 Å². The Balaban J connectivity index is 1.43. The lowest BCUT2D eigenvalue weighted by molar-refractivity contribution is 0.0383. The van der Waals surface area contributed by atoms with Crippen LogP contribution in [0.25, 0.3) is 0 Å². The van der Waals surface area contributed by atoms with Crippen LogP contribution in [-0.4, -0.2) is 42.5 Å². The number of ether oxygens (including phenoxy) is 1. The van der Waals surface area contributed by atoms with Gasteiger partial charge < -0.3 is 15.2 Å². The zero-order valence-corrected chi connectivity index (χ0v) is 13.1. The van der Waals surface area contributed by atoms with Crippen molar-refractivity contribution in [3.63, 3.8) is 0 Å². The molecule has 2 N–H and O–H groups in total. The van der Waals surface area contributed by atoms with Crippen molar-refractivity contribution >= 4 is 11.3 Å². The maximum Gasteiger partial charge on any atom is 0.0897 e. The molecule has 2 rings (SSSR count). The van der Waals surface area contributed by atoms with Crippen molar-refractivity contribution in [1.29, 1.82) is 0 Å². The molecule has 0 saturated heterocycles. The molecule has 1 heterocycles. The van der Waals surface area contributed by atoms with Gasteiger partial charge in [-0.2, -0.15) is 0 Å². The van der Waals surface area contributed by atoms with Crippen molar-refractivity contribution in [3.05, 3.63) is 16.1 Å². The van der Waals surface area contributed by atoms with Gasteiger partial charge in [-0.25, -0.2) is 4.98 Å². The fraction of sp³-hybridized carbons (Fsp3) is 0.800. The Bertz CT molecular complexity index is 380. The van der Waals surface area contributed by atoms with E-state index in [1.54, 1.807) is 11.3 Å². The molecule has 0 radical (unpaired) electrons. The Labute approximate surface area is 125 Å². The minimum atomic E-state index is -0.404. The number of hydrogen-bond acceptors (Lipinski definition) is 5. The highest BCUT2D eigenvalue weighted by Gasteiger charge is 2.16. The second-order valence-electron chi connectivity index (χ2n) is 5.63. The number of aromatic nitrogens is 1. The molecule has 1 saturated carbocycles. The molecule has 1 aliphatic carbocycles. The van der Waals surface area contributed by atoms with Crippen LogP contribution in [0, 0.1) is 12.8 Å². The van der Waals surface area contributed by atoms with Crippen LogP contribution in [0.4, 0.5) is 0 Å². The minimum absolute atomic E-state index is 0.404. The second-order valence-corrected chi connectivity index (χ2v) is 6.57. The van der Waals surface area contributed by atoms with Crippen LogP contribution >= 0.6 is 11.3 Å². The minimum Gasteiger partial charge on any atom is -0.389 e. The molecule has 0 spiro atoms. The van der Waals surface area contributed by atoms with Gasteiger partial charge in [0.05, 0.1) is 30.5 Å². The predicted molar refractivity (Wildman–Crippen MR) is 82.2 cm³/mol. The van der Waals surface area contributed by atoms with Gasteiger partial charge in [0, 0.05) is 17.8 Å². The lowest BCUT2D eigenvalue weighted by Gasteiger charge is -2.25. The van der Waals surface area contributed by atoms with Crippen molar-refractivity contribution in [3.8, 4) is 0 Å². The smallest absolute Gasteiger partial charge is 0.0897 e. The van der Waals surface area contributed by atoms with Crippen molar-refractivity contribution in [2.45, 2.75) is 45.1 Å². The summed E-state index contributed by atoms with van der Waals surface area (Å²) in [4.78, 5) is 5.49. The third kappa shape index (κ3) is 5.48. The first-order valence-electron chi connectivity index (χ1n) is 7.61. The zero-order valence-electron chi connectivity index (χ0n) is 12.3. The van der Waals surface area contributed by atoms with E-state index in [9.17, 15) is 5.11 Å². The summed E-state index contributed by atoms with van der Waals surface area (Å²) in [6, 6.07) is 0. The van der Waals surface area contributed by atoms with Crippen LogP contribution in [0.2, 0.25) is 0 Å². The number of nitrogens with zero attached hydrogens (tertiary/aromatic N) is 1. The molecule has 0 amide bonds. The topological polar surface area (TPSA) is 54.4 Å². The largest absolute Gasteiger partial charge is 0.389 e. The first-order chi connectivity index (χ1) is 9.75. The van der Waals surface area contributed by atoms with Gasteiger partial charge in [0.2, 0.25) is 0 Å². The molecule has 0 bridgehead atoms. The molecule has 1 aliphatic rings. The Hall–Kier alpha value is -0.490. The van der Waals surface area contributed by atoms with Gasteiger partial charge in [0.15, 0.2) is 0 Å². The molecular formula is C15H26N2O2S. The summed E-state index contributed by atoms with van der Waals surface area (Å²) in [6.07, 6.45) is 5.92. The molecule has 1 aromatic heterocycles. The lowest BCUT2D eigenvalue weighted by Crippen LogP contribution is -2.32. The van der Waals surface area contributed by atoms with Crippen LogP contribution in [0.15, 0.2) is 5.51 Å². The van der Waals surface area contributed by atoms with Crippen LogP contribution in [0.1, 0.15) is 36.3 Å². The summed E-state index contributed by atoms with van der Waals surface area (Å²) in [5.74, 6) is 0.929. The lowest BCUT2D eigenvalue weighted by atomic mass is 9.83. The molecular weight excluding hydrogens is 272 g/mol. The average Bonchev–Trinajstić information content (AvgIpc) is 2.78. The Kier molecular flexibility index (Phi) is 6.93. The van der Waals surface area contributed by atoms with E-state index in [-0.39, 0.29) is 0 Å². The van der Waals surface area contributed by atoms with Gasteiger partial charge in [0.25, 0.3) is 0 Å². The molecule has 0 aliphatic heterocycles. The van der Waals surface area contributed by atoms with E-state index < -0.39 is 6.10 Å². The van der Waals surface area contributed by atoms with Gasteiger partial charge in [-0.15, -0.1) is 11.3 Å². The Morgan fingerprint density at radius 2 is 2.40 bits per heavy atom. The van der Waals surface area contributed by atoms with Gasteiger partial charge in [0.1, 0.15) is 0 Å². The maximum absolute atomic E-state index is 9.80. The van der Waals surface area contributed by atoms with Crippen LogP contribution < -0.4 is 5.32 Å². The van der Waals surface area contributed by atoms with Crippen molar-refractivity contribution in [2.24, 2.45) is 5.92 Å². The fourth-order valence-electron chi connectivity index (χ4n) is 2.37. The average molecular weight is 298 g/mol. The summed E-state index contributed by atoms with van der Waals surface area (Å²) in [5.41, 5.74) is 2.96. The molecule has 0 aromatic carbocycles. The normalized spacial score (nSPS) is 17.1. The number of rotatable bonds is 10. The Morgan fingerprint density at radius 3 is 3.05 bits per heavy atom. The fourth-order valence-corrected chi connectivity index (χ4v) is 3.13. The maximum atomic E-state index is 9.80. The first kappa shape index (κ1) is 15.9. The van der Waals surface area contributed by atoms with Crippen LogP contribution in [-0.2, 0) is 11.2 Å². The summed E-state index contributed by atoms with van der Waals surface area (Å²) >= 11 is 1.67. The third-order valence-electron chi connectivity index (χ3n) is 3.96. The summed E-state index contributed by atoms with van der Waals surface area (Å²) in [7, 11) is 0. The van der Waals surface area contributed by atoms with Crippen molar-refractivity contribution in [1.82, 2.24) is 10.3 Å². The Morgan fingerprint density at radius 1 is 1.55 bits per heavy atom. The van der Waals surface area contributed by atoms with Gasteiger partial charge in [-0.1, -0.05) is 19.3 Å². The molecule has 114 valence electrons. The zero-order chi connectivity index (χ0) is 14.2. The first-order valence-corrected chi connectivity index (χ1v) is 8.49. The van der Waals surface area contributed by atoms with Gasteiger partial charge >= 0.3 is 0 Å². The number of thiazole rings is 1. The molecule has 20 heavy (non-hydrogen) atoms. The summed E-state index contributed by atoms with van der Waals surface area (Å²) in [5, 5.41) is 13.1. The van der Waals surface area contributed by atoms with Crippen molar-refractivity contribution in [2.75, 3.05) is 26.3 Å². The molecule has 4 nitrogen and oxygen atoms in total. The van der Waals surface area contributed by atoms with E-state index in [0.717, 1.165) is 24.6 Å². The number of aliphatic hydroxyl groups is 1. The molecule has 1 atom stereocenters. The number of nitrogens with one attached hydrogen (secondary N) is 1. The third-order valence-corrected chi connectivity index (χ3v) is 4.96. The van der Waals surface area contributed by atoms with E-state index >= 15 is 0 Å². The van der Waals surface area contributed by atoms with E-state index in [1.165, 1.54) is 30.6 Å². The van der Waals surface area contributed by atoms with Gasteiger partial charge in [-0.05, 0) is 25.8 Å². The molecule has 1 unspecified atom stereocenters. The predicted octanol–water partition coefficient (Wildman–Crippen LogP) is 2.15. The highest BCUT2D eigenvalue weighted by Crippen LogP contribution is 2.28. The highest BCUT2D eigenvalue weighted by atomic mass is 32.1. The van der Waals surface area contributed by atoms with Crippen molar-refractivity contribution < 1.29 is 9.84 Å². The standard InChI is InChI=1S/C15H26N2O2S/c1-12-15(20-11-17-12)6-8-19-10-14(18)9-16-7-5-13-3-2-4-13/h11,13-14,16,18H,2-10H2,1H3. The molecule has 1 fully saturated rings. The summed E-state index contributed by atoms with van der Waals surface area (Å²) < 4.78 is 5.52. The van der Waals surface area contributed by atoms with E-state index in [2.05, 4.69) is 10.3 Å². The van der Waals surface area contributed by atoms with Gasteiger partial charge in [-0.3, -0.25) is 0 Å². The van der Waals surface area contributed by atoms with E-state index in [1.807, 2.05) is 12.4 Å². The highest BCUT2D eigenvalue weighted by molar-refractivity contribution is 7.09. The number of aryl methyl sites for hydroxylation is 1. The monoisotopic (exact) mass is 298 g/mol. The van der Waals surface area contributed by atoms with E-state index in [4.69, 9.17) is 4.74 Å². The molecule has 1 aromatic rings. The SMILES string of the molecule is Cc1ncsc1CCOCC(O)CNCCC1CCC1.